The molecule has 0 atom stereocenters. The maximum atomic E-state index is 10.7. The molecule has 94 valence electrons. The fraction of sp³-hybridized carbons (Fsp3) is 0. The maximum absolute atomic E-state index is 10.7. The molecule has 1 amide bonds. The van der Waals surface area contributed by atoms with Crippen molar-refractivity contribution in [2.75, 3.05) is 5.73 Å². The third-order valence-electron chi connectivity index (χ3n) is 2.13. The minimum Gasteiger partial charge on any atom is -0.405 e. The highest BCUT2D eigenvalue weighted by Crippen LogP contribution is 2.32. The van der Waals surface area contributed by atoms with E-state index in [-0.39, 0.29) is 11.6 Å². The van der Waals surface area contributed by atoms with Gasteiger partial charge in [0.1, 0.15) is 5.69 Å². The van der Waals surface area contributed by atoms with E-state index in [1.54, 1.807) is 18.2 Å². The molecular weight excluding hydrogens is 279 g/mol. The van der Waals surface area contributed by atoms with Crippen LogP contribution in [0, 0.1) is 0 Å². The number of nitrogens with two attached hydrogens (primary N) is 2. The first-order valence-corrected chi connectivity index (χ1v) is 5.51. The summed E-state index contributed by atoms with van der Waals surface area (Å²) in [7, 11) is 0. The van der Waals surface area contributed by atoms with Crippen molar-refractivity contribution in [1.29, 1.82) is 0 Å². The van der Waals surface area contributed by atoms with Crippen LogP contribution in [0.3, 0.4) is 0 Å². The number of primary amides is 1. The molecule has 0 saturated carbocycles. The van der Waals surface area contributed by atoms with Crippen molar-refractivity contribution in [3.05, 3.63) is 34.4 Å². The number of para-hydroxylation sites is 1. The van der Waals surface area contributed by atoms with Gasteiger partial charge in [-0.3, -0.25) is 0 Å². The number of carbonyl (C=O) groups excluding carboxylic acids is 1. The molecule has 1 aromatic carbocycles. The summed E-state index contributed by atoms with van der Waals surface area (Å²) in [6.07, 6.45) is 0.270. The van der Waals surface area contributed by atoms with E-state index >= 15 is 0 Å². The topological polar surface area (TPSA) is 96.2 Å². The average molecular weight is 287 g/mol. The highest BCUT2D eigenvalue weighted by Gasteiger charge is 2.16. The smallest absolute Gasteiger partial charge is 0.405 e. The van der Waals surface area contributed by atoms with Crippen molar-refractivity contribution in [2.45, 2.75) is 0 Å². The van der Waals surface area contributed by atoms with E-state index in [4.69, 9.17) is 34.7 Å². The van der Waals surface area contributed by atoms with Crippen LogP contribution in [0.2, 0.25) is 10.0 Å². The third kappa shape index (κ3) is 2.20. The Bertz CT molecular complexity index is 592. The standard InChI is InChI=1S/C10H8Cl2N4O2/c11-5-2-1-3-6(12)8(5)16-9(13)7(4-15-16)18-10(14)17/h1-4H,13H2,(H2,14,17). The van der Waals surface area contributed by atoms with Gasteiger partial charge in [-0.05, 0) is 12.1 Å². The van der Waals surface area contributed by atoms with Gasteiger partial charge < -0.3 is 16.2 Å². The Morgan fingerprint density at radius 1 is 1.33 bits per heavy atom. The van der Waals surface area contributed by atoms with Crippen LogP contribution in [0.4, 0.5) is 10.6 Å². The Labute approximate surface area is 112 Å². The predicted molar refractivity (Wildman–Crippen MR) is 68.2 cm³/mol. The summed E-state index contributed by atoms with van der Waals surface area (Å²) < 4.78 is 5.94. The minimum absolute atomic E-state index is 0.0403. The molecule has 0 unspecified atom stereocenters. The van der Waals surface area contributed by atoms with Gasteiger partial charge in [-0.1, -0.05) is 29.3 Å². The summed E-state index contributed by atoms with van der Waals surface area (Å²) >= 11 is 12.0. The molecular formula is C10H8Cl2N4O2. The Morgan fingerprint density at radius 3 is 2.50 bits per heavy atom. The highest BCUT2D eigenvalue weighted by molar-refractivity contribution is 6.37. The normalized spacial score (nSPS) is 10.3. The van der Waals surface area contributed by atoms with Crippen molar-refractivity contribution in [3.63, 3.8) is 0 Å². The third-order valence-corrected chi connectivity index (χ3v) is 2.74. The van der Waals surface area contributed by atoms with E-state index in [1.807, 2.05) is 0 Å². The number of nitrogens with zero attached hydrogens (tertiary/aromatic N) is 2. The van der Waals surface area contributed by atoms with E-state index in [9.17, 15) is 4.79 Å². The first-order chi connectivity index (χ1) is 8.50. The summed E-state index contributed by atoms with van der Waals surface area (Å²) in [5.41, 5.74) is 11.1. The lowest BCUT2D eigenvalue weighted by atomic mass is 10.3. The van der Waals surface area contributed by atoms with Crippen LogP contribution < -0.4 is 16.2 Å². The lowest BCUT2D eigenvalue weighted by Gasteiger charge is -2.08. The number of aromatic nitrogens is 2. The second-order valence-electron chi connectivity index (χ2n) is 3.30. The number of benzene rings is 1. The molecule has 0 aliphatic carbocycles. The summed E-state index contributed by atoms with van der Waals surface area (Å²) in [6.45, 7) is 0. The highest BCUT2D eigenvalue weighted by atomic mass is 35.5. The van der Waals surface area contributed by atoms with Gasteiger partial charge in [-0.15, -0.1) is 0 Å². The fourth-order valence-corrected chi connectivity index (χ4v) is 1.96. The van der Waals surface area contributed by atoms with Gasteiger partial charge in [0, 0.05) is 0 Å². The molecule has 2 rings (SSSR count). The molecule has 18 heavy (non-hydrogen) atoms. The van der Waals surface area contributed by atoms with E-state index < -0.39 is 6.09 Å². The van der Waals surface area contributed by atoms with Gasteiger partial charge in [0.25, 0.3) is 0 Å². The minimum atomic E-state index is -0.980. The number of hydrogen-bond acceptors (Lipinski definition) is 4. The molecule has 0 saturated heterocycles. The molecule has 1 aromatic heterocycles. The van der Waals surface area contributed by atoms with Crippen LogP contribution in [-0.2, 0) is 0 Å². The largest absolute Gasteiger partial charge is 0.410 e. The van der Waals surface area contributed by atoms with Gasteiger partial charge in [0.05, 0.1) is 16.2 Å². The number of hydrogen-bond donors (Lipinski definition) is 2. The molecule has 0 aliphatic rings. The van der Waals surface area contributed by atoms with Crippen molar-refractivity contribution in [2.24, 2.45) is 5.73 Å². The van der Waals surface area contributed by atoms with Gasteiger partial charge in [-0.25, -0.2) is 9.48 Å². The Hall–Kier alpha value is -1.92. The monoisotopic (exact) mass is 286 g/mol. The zero-order chi connectivity index (χ0) is 13.3. The van der Waals surface area contributed by atoms with Gasteiger partial charge in [-0.2, -0.15) is 5.10 Å². The first kappa shape index (κ1) is 12.5. The SMILES string of the molecule is NC(=O)Oc1cnn(-c2c(Cl)cccc2Cl)c1N. The molecule has 8 heteroatoms. The van der Waals surface area contributed by atoms with Gasteiger partial charge in [0.2, 0.25) is 0 Å². The summed E-state index contributed by atoms with van der Waals surface area (Å²) in [4.78, 5) is 10.7. The number of anilines is 1. The van der Waals surface area contributed by atoms with E-state index in [2.05, 4.69) is 9.84 Å². The quantitative estimate of drug-likeness (QED) is 0.885. The zero-order valence-electron chi connectivity index (χ0n) is 8.93. The zero-order valence-corrected chi connectivity index (χ0v) is 10.4. The van der Waals surface area contributed by atoms with Crippen LogP contribution in [0.5, 0.6) is 5.75 Å². The number of halogens is 2. The molecule has 2 aromatic rings. The number of rotatable bonds is 2. The van der Waals surface area contributed by atoms with Crippen molar-refractivity contribution in [3.8, 4) is 11.4 Å². The number of carbonyl (C=O) groups is 1. The Morgan fingerprint density at radius 2 is 1.94 bits per heavy atom. The predicted octanol–water partition coefficient (Wildman–Crippen LogP) is 2.22. The lowest BCUT2D eigenvalue weighted by molar-refractivity contribution is 0.211. The molecule has 0 fully saturated rings. The molecule has 0 aliphatic heterocycles. The van der Waals surface area contributed by atoms with Crippen LogP contribution in [-0.4, -0.2) is 15.9 Å². The summed E-state index contributed by atoms with van der Waals surface area (Å²) in [6, 6.07) is 4.96. The second-order valence-corrected chi connectivity index (χ2v) is 4.11. The molecule has 1 heterocycles. The number of amides is 1. The molecule has 6 nitrogen and oxygen atoms in total. The second kappa shape index (κ2) is 4.75. The lowest BCUT2D eigenvalue weighted by Crippen LogP contribution is -2.16. The van der Waals surface area contributed by atoms with E-state index in [0.717, 1.165) is 0 Å². The van der Waals surface area contributed by atoms with Crippen LogP contribution in [0.1, 0.15) is 0 Å². The van der Waals surface area contributed by atoms with Gasteiger partial charge in [0.15, 0.2) is 11.6 Å². The van der Waals surface area contributed by atoms with Crippen LogP contribution >= 0.6 is 23.2 Å². The van der Waals surface area contributed by atoms with E-state index in [0.29, 0.717) is 15.7 Å². The number of nitrogen functional groups attached to an aromatic ring is 1. The summed E-state index contributed by atoms with van der Waals surface area (Å²) in [5.74, 6) is 0.113. The first-order valence-electron chi connectivity index (χ1n) is 4.76. The van der Waals surface area contributed by atoms with Crippen LogP contribution in [0.15, 0.2) is 24.4 Å². The van der Waals surface area contributed by atoms with E-state index in [1.165, 1.54) is 10.9 Å². The van der Waals surface area contributed by atoms with Crippen molar-refractivity contribution in [1.82, 2.24) is 9.78 Å². The Balaban J connectivity index is 2.52. The fourth-order valence-electron chi connectivity index (χ4n) is 1.40. The van der Waals surface area contributed by atoms with Crippen molar-refractivity contribution >= 4 is 35.1 Å². The molecule has 0 radical (unpaired) electrons. The maximum Gasteiger partial charge on any atom is 0.410 e. The average Bonchev–Trinajstić information content (AvgIpc) is 2.61. The van der Waals surface area contributed by atoms with Crippen molar-refractivity contribution < 1.29 is 9.53 Å². The molecule has 0 spiro atoms. The summed E-state index contributed by atoms with van der Waals surface area (Å²) in [5, 5.41) is 4.68. The number of ether oxygens (including phenoxy) is 1. The Kier molecular flexibility index (Phi) is 3.31. The van der Waals surface area contributed by atoms with Crippen LogP contribution in [0.25, 0.3) is 5.69 Å². The molecule has 0 bridgehead atoms. The van der Waals surface area contributed by atoms with Gasteiger partial charge >= 0.3 is 6.09 Å². The molecule has 4 N–H and O–H groups in total.